The summed E-state index contributed by atoms with van der Waals surface area (Å²) in [6.45, 7) is 0.203. The zero-order valence-corrected chi connectivity index (χ0v) is 15.2. The summed E-state index contributed by atoms with van der Waals surface area (Å²) in [4.78, 5) is 11.9. The quantitative estimate of drug-likeness (QED) is 0.473. The van der Waals surface area contributed by atoms with E-state index in [0.29, 0.717) is 11.5 Å². The maximum Gasteiger partial charge on any atom is 0.331 e. The van der Waals surface area contributed by atoms with E-state index in [1.54, 1.807) is 43.3 Å². The van der Waals surface area contributed by atoms with Gasteiger partial charge in [0.15, 0.2) is 11.5 Å². The van der Waals surface area contributed by atoms with Gasteiger partial charge >= 0.3 is 5.97 Å². The summed E-state index contributed by atoms with van der Waals surface area (Å²) in [7, 11) is 3.14. The molecular formula is C21H20N2O4. The summed E-state index contributed by atoms with van der Waals surface area (Å²) in [5, 5.41) is 4.17. The first-order valence-corrected chi connectivity index (χ1v) is 8.35. The molecule has 0 spiro atoms. The highest BCUT2D eigenvalue weighted by molar-refractivity contribution is 5.87. The van der Waals surface area contributed by atoms with Crippen LogP contribution in [-0.4, -0.2) is 30.0 Å². The smallest absolute Gasteiger partial charge is 0.331 e. The summed E-state index contributed by atoms with van der Waals surface area (Å²) < 4.78 is 17.5. The lowest BCUT2D eigenvalue weighted by molar-refractivity contribution is -0.138. The number of hydrogen-bond acceptors (Lipinski definition) is 5. The monoisotopic (exact) mass is 364 g/mol. The van der Waals surface area contributed by atoms with Crippen molar-refractivity contribution < 1.29 is 19.0 Å². The number of benzene rings is 2. The predicted octanol–water partition coefficient (Wildman–Crippen LogP) is 3.65. The highest BCUT2D eigenvalue weighted by atomic mass is 16.5. The van der Waals surface area contributed by atoms with Crippen LogP contribution < -0.4 is 9.47 Å². The fourth-order valence-electron chi connectivity index (χ4n) is 2.49. The molecule has 27 heavy (non-hydrogen) atoms. The van der Waals surface area contributed by atoms with E-state index in [-0.39, 0.29) is 6.61 Å². The molecular weight excluding hydrogens is 344 g/mol. The van der Waals surface area contributed by atoms with Crippen molar-refractivity contribution in [2.75, 3.05) is 14.2 Å². The number of esters is 1. The van der Waals surface area contributed by atoms with Crippen LogP contribution in [0.5, 0.6) is 11.5 Å². The van der Waals surface area contributed by atoms with E-state index in [1.807, 2.05) is 42.6 Å². The van der Waals surface area contributed by atoms with Gasteiger partial charge in [0.2, 0.25) is 0 Å². The highest BCUT2D eigenvalue weighted by Gasteiger charge is 2.04. The van der Waals surface area contributed by atoms with E-state index in [4.69, 9.17) is 14.2 Å². The molecule has 1 heterocycles. The first kappa shape index (κ1) is 18.3. The Balaban J connectivity index is 1.55. The molecule has 0 fully saturated rings. The van der Waals surface area contributed by atoms with Gasteiger partial charge in [-0.25, -0.2) is 9.48 Å². The molecule has 3 aromatic rings. The first-order chi connectivity index (χ1) is 13.2. The van der Waals surface area contributed by atoms with Crippen LogP contribution in [0.3, 0.4) is 0 Å². The molecule has 138 valence electrons. The minimum absolute atomic E-state index is 0.203. The molecule has 0 amide bonds. The van der Waals surface area contributed by atoms with Gasteiger partial charge in [-0.1, -0.05) is 18.2 Å². The fourth-order valence-corrected chi connectivity index (χ4v) is 2.49. The van der Waals surface area contributed by atoms with Gasteiger partial charge in [-0.3, -0.25) is 0 Å². The largest absolute Gasteiger partial charge is 0.493 e. The Kier molecular flexibility index (Phi) is 5.89. The molecule has 0 saturated carbocycles. The lowest BCUT2D eigenvalue weighted by Crippen LogP contribution is -2.01. The minimum atomic E-state index is -0.416. The first-order valence-electron chi connectivity index (χ1n) is 8.35. The second-order valence-electron chi connectivity index (χ2n) is 5.67. The van der Waals surface area contributed by atoms with Gasteiger partial charge < -0.3 is 14.2 Å². The highest BCUT2D eigenvalue weighted by Crippen LogP contribution is 2.27. The number of methoxy groups -OCH3 is 2. The van der Waals surface area contributed by atoms with E-state index in [1.165, 1.54) is 6.08 Å². The third-order valence-electron chi connectivity index (χ3n) is 3.91. The summed E-state index contributed by atoms with van der Waals surface area (Å²) in [6, 6.07) is 14.9. The van der Waals surface area contributed by atoms with E-state index in [9.17, 15) is 4.79 Å². The minimum Gasteiger partial charge on any atom is -0.493 e. The molecule has 0 unspecified atom stereocenters. The van der Waals surface area contributed by atoms with Crippen molar-refractivity contribution in [1.29, 1.82) is 0 Å². The Morgan fingerprint density at radius 1 is 1.07 bits per heavy atom. The summed E-state index contributed by atoms with van der Waals surface area (Å²) in [5.41, 5.74) is 2.66. The number of hydrogen-bond donors (Lipinski definition) is 0. The van der Waals surface area contributed by atoms with E-state index in [2.05, 4.69) is 5.10 Å². The van der Waals surface area contributed by atoms with Gasteiger partial charge in [-0.2, -0.15) is 5.10 Å². The molecule has 0 aliphatic rings. The number of ether oxygens (including phenoxy) is 3. The van der Waals surface area contributed by atoms with Crippen molar-refractivity contribution in [3.05, 3.63) is 78.1 Å². The van der Waals surface area contributed by atoms with E-state index < -0.39 is 5.97 Å². The lowest BCUT2D eigenvalue weighted by Gasteiger charge is -2.07. The summed E-state index contributed by atoms with van der Waals surface area (Å²) >= 11 is 0. The number of carbonyl (C=O) groups excluding carboxylic acids is 1. The Bertz CT molecular complexity index is 916. The van der Waals surface area contributed by atoms with Crippen molar-refractivity contribution in [2.24, 2.45) is 0 Å². The van der Waals surface area contributed by atoms with Gasteiger partial charge in [0.25, 0.3) is 0 Å². The molecule has 6 heteroatoms. The molecule has 0 aliphatic carbocycles. The lowest BCUT2D eigenvalue weighted by atomic mass is 10.2. The molecule has 0 radical (unpaired) electrons. The summed E-state index contributed by atoms with van der Waals surface area (Å²) in [6.07, 6.45) is 6.65. The Morgan fingerprint density at radius 3 is 2.52 bits per heavy atom. The van der Waals surface area contributed by atoms with E-state index >= 15 is 0 Å². The van der Waals surface area contributed by atoms with E-state index in [0.717, 1.165) is 16.8 Å². The molecule has 3 rings (SSSR count). The number of nitrogens with zero attached hydrogens (tertiary/aromatic N) is 2. The molecule has 0 atom stereocenters. The molecule has 1 aromatic heterocycles. The second-order valence-corrected chi connectivity index (χ2v) is 5.67. The van der Waals surface area contributed by atoms with Gasteiger partial charge in [0, 0.05) is 18.5 Å². The molecule has 0 saturated heterocycles. The van der Waals surface area contributed by atoms with Crippen molar-refractivity contribution in [2.45, 2.75) is 6.61 Å². The number of carbonyl (C=O) groups is 1. The second kappa shape index (κ2) is 8.71. The Labute approximate surface area is 157 Å². The number of rotatable bonds is 7. The zero-order valence-electron chi connectivity index (χ0n) is 15.2. The Hall–Kier alpha value is -3.54. The van der Waals surface area contributed by atoms with Crippen LogP contribution in [0, 0.1) is 0 Å². The fraction of sp³-hybridized carbons (Fsp3) is 0.143. The normalized spacial score (nSPS) is 10.7. The molecule has 0 N–H and O–H groups in total. The average Bonchev–Trinajstić information content (AvgIpc) is 3.25. The third kappa shape index (κ3) is 4.76. The molecule has 2 aromatic carbocycles. The average molecular weight is 364 g/mol. The maximum atomic E-state index is 11.9. The molecule has 0 bridgehead atoms. The van der Waals surface area contributed by atoms with Crippen molar-refractivity contribution >= 4 is 12.0 Å². The van der Waals surface area contributed by atoms with Crippen LogP contribution in [0.25, 0.3) is 11.8 Å². The standard InChI is InChI=1S/C21H20N2O4/c1-25-19-10-6-16(14-20(19)26-2)7-11-21(24)27-15-17-4-8-18(9-5-17)23-13-3-12-22-23/h3-14H,15H2,1-2H3/b11-7+. The van der Waals surface area contributed by atoms with Crippen LogP contribution in [0.4, 0.5) is 0 Å². The van der Waals surface area contributed by atoms with Crippen LogP contribution in [0.15, 0.2) is 67.0 Å². The Morgan fingerprint density at radius 2 is 1.85 bits per heavy atom. The summed E-state index contributed by atoms with van der Waals surface area (Å²) in [5.74, 6) is 0.821. The molecule has 6 nitrogen and oxygen atoms in total. The van der Waals surface area contributed by atoms with Crippen LogP contribution >= 0.6 is 0 Å². The van der Waals surface area contributed by atoms with Crippen LogP contribution in [-0.2, 0) is 16.1 Å². The van der Waals surface area contributed by atoms with Crippen LogP contribution in [0.1, 0.15) is 11.1 Å². The maximum absolute atomic E-state index is 11.9. The van der Waals surface area contributed by atoms with Gasteiger partial charge in [0.1, 0.15) is 6.61 Å². The topological polar surface area (TPSA) is 62.6 Å². The molecule has 0 aliphatic heterocycles. The van der Waals surface area contributed by atoms with Gasteiger partial charge in [-0.15, -0.1) is 0 Å². The third-order valence-corrected chi connectivity index (χ3v) is 3.91. The number of aromatic nitrogens is 2. The van der Waals surface area contributed by atoms with Gasteiger partial charge in [0.05, 0.1) is 19.9 Å². The van der Waals surface area contributed by atoms with Crippen molar-refractivity contribution in [1.82, 2.24) is 9.78 Å². The van der Waals surface area contributed by atoms with Crippen LogP contribution in [0.2, 0.25) is 0 Å². The zero-order chi connectivity index (χ0) is 19.1. The SMILES string of the molecule is COc1ccc(/C=C/C(=O)OCc2ccc(-n3cccn3)cc2)cc1OC. The van der Waals surface area contributed by atoms with Crippen molar-refractivity contribution in [3.63, 3.8) is 0 Å². The predicted molar refractivity (Wildman–Crippen MR) is 102 cm³/mol. The van der Waals surface area contributed by atoms with Crippen molar-refractivity contribution in [3.8, 4) is 17.2 Å². The van der Waals surface area contributed by atoms with Gasteiger partial charge in [-0.05, 0) is 47.5 Å².